The molecule has 0 aromatic heterocycles. The van der Waals surface area contributed by atoms with Gasteiger partial charge in [0.05, 0.1) is 36.2 Å². The van der Waals surface area contributed by atoms with Gasteiger partial charge >= 0.3 is 0 Å². The van der Waals surface area contributed by atoms with E-state index in [1.54, 1.807) is 0 Å². The molecule has 1 aliphatic carbocycles. The van der Waals surface area contributed by atoms with Gasteiger partial charge in [0.15, 0.2) is 0 Å². The highest BCUT2D eigenvalue weighted by Crippen LogP contribution is 2.45. The van der Waals surface area contributed by atoms with Crippen molar-refractivity contribution in [1.82, 2.24) is 8.61 Å². The molecular formula is C21H28N2O9S2. The molecule has 11 nitrogen and oxygen atoms in total. The van der Waals surface area contributed by atoms with Gasteiger partial charge in [-0.3, -0.25) is 0 Å². The van der Waals surface area contributed by atoms with Crippen molar-refractivity contribution in [2.24, 2.45) is 0 Å². The van der Waals surface area contributed by atoms with Crippen LogP contribution >= 0.6 is 0 Å². The Morgan fingerprint density at radius 2 is 0.941 bits per heavy atom. The molecule has 0 bridgehead atoms. The summed E-state index contributed by atoms with van der Waals surface area (Å²) in [5.41, 5.74) is 1.65. The summed E-state index contributed by atoms with van der Waals surface area (Å²) in [6.07, 6.45) is -1.29. The van der Waals surface area contributed by atoms with Crippen molar-refractivity contribution >= 4 is 20.0 Å². The van der Waals surface area contributed by atoms with Crippen LogP contribution in [-0.4, -0.2) is 104 Å². The van der Waals surface area contributed by atoms with E-state index in [9.17, 15) is 42.4 Å². The van der Waals surface area contributed by atoms with Crippen molar-refractivity contribution in [2.45, 2.75) is 15.9 Å². The van der Waals surface area contributed by atoms with E-state index in [1.165, 1.54) is 36.4 Å². The first kappa shape index (κ1) is 26.7. The molecule has 0 amide bonds. The van der Waals surface area contributed by atoms with Crippen LogP contribution in [0.3, 0.4) is 0 Å². The lowest BCUT2D eigenvalue weighted by Gasteiger charge is -2.21. The summed E-state index contributed by atoms with van der Waals surface area (Å²) >= 11 is 0. The number of hydrogen-bond donors (Lipinski definition) is 5. The smallest absolute Gasteiger partial charge is 0.243 e. The van der Waals surface area contributed by atoms with Crippen LogP contribution in [0.25, 0.3) is 11.1 Å². The van der Waals surface area contributed by atoms with Crippen LogP contribution in [0.5, 0.6) is 0 Å². The fourth-order valence-electron chi connectivity index (χ4n) is 3.96. The van der Waals surface area contributed by atoms with Gasteiger partial charge in [0.2, 0.25) is 20.0 Å². The zero-order valence-electron chi connectivity index (χ0n) is 18.3. The van der Waals surface area contributed by atoms with Gasteiger partial charge in [-0.15, -0.1) is 0 Å². The maximum atomic E-state index is 13.0. The summed E-state index contributed by atoms with van der Waals surface area (Å²) < 4.78 is 53.8. The largest absolute Gasteiger partial charge is 0.395 e. The third-order valence-corrected chi connectivity index (χ3v) is 9.39. The third kappa shape index (κ3) is 4.89. The molecule has 13 heteroatoms. The van der Waals surface area contributed by atoms with Crippen LogP contribution in [0.4, 0.5) is 0 Å². The normalized spacial score (nSPS) is 14.1. The van der Waals surface area contributed by atoms with Crippen molar-refractivity contribution in [3.8, 4) is 11.1 Å². The quantitative estimate of drug-likeness (QED) is 0.229. The molecule has 34 heavy (non-hydrogen) atoms. The van der Waals surface area contributed by atoms with Gasteiger partial charge < -0.3 is 25.5 Å². The molecular weight excluding hydrogens is 488 g/mol. The molecule has 0 spiro atoms. The minimum absolute atomic E-state index is 0.134. The second kappa shape index (κ2) is 10.8. The van der Waals surface area contributed by atoms with Crippen LogP contribution in [0.15, 0.2) is 46.2 Å². The van der Waals surface area contributed by atoms with Gasteiger partial charge in [0.1, 0.15) is 6.10 Å². The van der Waals surface area contributed by atoms with Crippen molar-refractivity contribution < 1.29 is 42.4 Å². The molecule has 0 unspecified atom stereocenters. The Morgan fingerprint density at radius 1 is 0.618 bits per heavy atom. The van der Waals surface area contributed by atoms with E-state index in [1.807, 2.05) is 0 Å². The van der Waals surface area contributed by atoms with Crippen molar-refractivity contribution in [3.63, 3.8) is 0 Å². The zero-order valence-corrected chi connectivity index (χ0v) is 19.9. The fraction of sp³-hybridized carbons (Fsp3) is 0.429. The van der Waals surface area contributed by atoms with Crippen LogP contribution < -0.4 is 0 Å². The lowest BCUT2D eigenvalue weighted by Crippen LogP contribution is -2.35. The van der Waals surface area contributed by atoms with E-state index in [4.69, 9.17) is 0 Å². The van der Waals surface area contributed by atoms with E-state index in [0.29, 0.717) is 11.1 Å². The van der Waals surface area contributed by atoms with Gasteiger partial charge in [0.25, 0.3) is 0 Å². The first-order valence-electron chi connectivity index (χ1n) is 10.5. The molecule has 0 atom stereocenters. The van der Waals surface area contributed by atoms with Crippen molar-refractivity contribution in [1.29, 1.82) is 0 Å². The van der Waals surface area contributed by atoms with E-state index in [-0.39, 0.29) is 47.1 Å². The predicted molar refractivity (Wildman–Crippen MR) is 122 cm³/mol. The second-order valence-corrected chi connectivity index (χ2v) is 11.5. The average Bonchev–Trinajstić information content (AvgIpc) is 3.10. The SMILES string of the molecule is O=S(=O)(c1ccc2c(c1)C(O)c1cc(S(=O)(=O)N(CCO)CCO)ccc1-2)N(CCO)CCO. The molecule has 1 aliphatic rings. The Kier molecular flexibility index (Phi) is 8.44. The van der Waals surface area contributed by atoms with Crippen LogP contribution in [-0.2, 0) is 20.0 Å². The first-order valence-corrected chi connectivity index (χ1v) is 13.4. The number of rotatable bonds is 12. The maximum absolute atomic E-state index is 13.0. The molecule has 0 heterocycles. The van der Waals surface area contributed by atoms with Crippen LogP contribution in [0.1, 0.15) is 17.2 Å². The highest BCUT2D eigenvalue weighted by Gasteiger charge is 2.33. The molecule has 0 saturated carbocycles. The van der Waals surface area contributed by atoms with E-state index in [2.05, 4.69) is 0 Å². The fourth-order valence-corrected chi connectivity index (χ4v) is 6.88. The molecule has 188 valence electrons. The average molecular weight is 517 g/mol. The number of fused-ring (bicyclic) bond motifs is 3. The number of aliphatic hydroxyl groups is 5. The van der Waals surface area contributed by atoms with Crippen molar-refractivity contribution in [2.75, 3.05) is 52.6 Å². The molecule has 5 N–H and O–H groups in total. The van der Waals surface area contributed by atoms with Gasteiger partial charge in [-0.1, -0.05) is 12.1 Å². The van der Waals surface area contributed by atoms with Crippen LogP contribution in [0.2, 0.25) is 0 Å². The minimum Gasteiger partial charge on any atom is -0.395 e. The highest BCUT2D eigenvalue weighted by molar-refractivity contribution is 7.89. The maximum Gasteiger partial charge on any atom is 0.243 e. The zero-order chi connectivity index (χ0) is 25.1. The Labute approximate surface area is 198 Å². The minimum atomic E-state index is -4.06. The van der Waals surface area contributed by atoms with E-state index in [0.717, 1.165) is 8.61 Å². The van der Waals surface area contributed by atoms with Gasteiger partial charge in [-0.2, -0.15) is 8.61 Å². The summed E-state index contributed by atoms with van der Waals surface area (Å²) in [5, 5.41) is 47.6. The Hall–Kier alpha value is -1.94. The number of benzene rings is 2. The van der Waals surface area contributed by atoms with Gasteiger partial charge in [0, 0.05) is 26.2 Å². The summed E-state index contributed by atoms with van der Waals surface area (Å²) in [4.78, 5) is -0.269. The number of aliphatic hydroxyl groups excluding tert-OH is 5. The Balaban J connectivity index is 2.01. The standard InChI is InChI=1S/C21H28N2O9S2/c24-9-5-22(6-10-25)33(29,30)15-1-3-17-18-4-2-16(14-20(18)21(28)19(17)13-15)34(31,32)23(7-11-26)8-12-27/h1-4,13-14,21,24-28H,5-12H2. The summed E-state index contributed by atoms with van der Waals surface area (Å²) in [6, 6.07) is 8.35. The molecule has 0 aliphatic heterocycles. The third-order valence-electron chi connectivity index (χ3n) is 5.60. The molecule has 0 radical (unpaired) electrons. The Bertz CT molecular complexity index is 1130. The number of nitrogens with zero attached hydrogens (tertiary/aromatic N) is 2. The Morgan fingerprint density at radius 3 is 1.24 bits per heavy atom. The predicted octanol–water partition coefficient (Wildman–Crippen LogP) is -1.30. The first-order chi connectivity index (χ1) is 16.1. The molecule has 2 aromatic carbocycles. The second-order valence-electron chi connectivity index (χ2n) is 7.60. The summed E-state index contributed by atoms with van der Waals surface area (Å²) in [6.45, 7) is -2.55. The highest BCUT2D eigenvalue weighted by atomic mass is 32.2. The molecule has 0 fully saturated rings. The van der Waals surface area contributed by atoms with Crippen LogP contribution in [0, 0.1) is 0 Å². The monoisotopic (exact) mass is 516 g/mol. The van der Waals surface area contributed by atoms with Gasteiger partial charge in [-0.25, -0.2) is 16.8 Å². The summed E-state index contributed by atoms with van der Waals surface area (Å²) in [7, 11) is -8.12. The van der Waals surface area contributed by atoms with Gasteiger partial charge in [-0.05, 0) is 46.5 Å². The molecule has 3 rings (SSSR count). The molecule has 2 aromatic rings. The molecule has 0 saturated heterocycles. The summed E-state index contributed by atoms with van der Waals surface area (Å²) in [5.74, 6) is 0. The van der Waals surface area contributed by atoms with E-state index < -0.39 is 52.6 Å². The lowest BCUT2D eigenvalue weighted by molar-refractivity contribution is 0.217. The lowest BCUT2D eigenvalue weighted by atomic mass is 10.1. The number of hydrogen-bond acceptors (Lipinski definition) is 9. The topological polar surface area (TPSA) is 176 Å². The van der Waals surface area contributed by atoms with Crippen molar-refractivity contribution in [3.05, 3.63) is 47.5 Å². The number of sulfonamides is 2. The van der Waals surface area contributed by atoms with E-state index >= 15 is 0 Å².